The molecule has 4 fully saturated rings. The van der Waals surface area contributed by atoms with E-state index in [-0.39, 0.29) is 40.1 Å². The van der Waals surface area contributed by atoms with Gasteiger partial charge in [0.25, 0.3) is 0 Å². The Morgan fingerprint density at radius 3 is 2.33 bits per heavy atom. The van der Waals surface area contributed by atoms with E-state index in [1.165, 1.54) is 0 Å². The number of rotatable bonds is 4. The number of Topliss-reactive ketones (excluding diaryl/α,β-unsaturated/α-hetero) is 1. The Hall–Kier alpha value is -3.18. The monoisotopic (exact) mass is 563 g/mol. The van der Waals surface area contributed by atoms with E-state index in [1.807, 2.05) is 53.4 Å². The third-order valence-electron chi connectivity index (χ3n) is 13.2. The first kappa shape index (κ1) is 26.4. The highest BCUT2D eigenvalue weighted by Gasteiger charge is 2.76. The van der Waals surface area contributed by atoms with Crippen molar-refractivity contribution >= 4 is 11.9 Å². The van der Waals surface area contributed by atoms with E-state index in [9.17, 15) is 14.7 Å². The van der Waals surface area contributed by atoms with Crippen LogP contribution >= 0.6 is 0 Å². The minimum absolute atomic E-state index is 0.0236. The Morgan fingerprint density at radius 2 is 1.57 bits per heavy atom. The van der Waals surface area contributed by atoms with Crippen LogP contribution in [0.4, 0.5) is 4.79 Å². The lowest BCUT2D eigenvalue weighted by Gasteiger charge is -2.71. The number of amides is 1. The molecule has 1 heterocycles. The van der Waals surface area contributed by atoms with Crippen LogP contribution in [0.25, 0.3) is 0 Å². The Kier molecular flexibility index (Phi) is 5.47. The van der Waals surface area contributed by atoms with Gasteiger partial charge in [-0.15, -0.1) is 0 Å². The minimum atomic E-state index is -0.562. The van der Waals surface area contributed by atoms with Gasteiger partial charge in [0.15, 0.2) is 5.78 Å². The van der Waals surface area contributed by atoms with Crippen molar-refractivity contribution in [1.29, 1.82) is 0 Å². The Morgan fingerprint density at radius 1 is 0.905 bits per heavy atom. The van der Waals surface area contributed by atoms with Gasteiger partial charge < -0.3 is 9.84 Å². The maximum absolute atomic E-state index is 14.6. The van der Waals surface area contributed by atoms with Gasteiger partial charge in [-0.2, -0.15) is 0 Å². The molecule has 0 aromatic heterocycles. The van der Waals surface area contributed by atoms with Crippen LogP contribution in [0.3, 0.4) is 0 Å². The molecule has 8 atom stereocenters. The van der Waals surface area contributed by atoms with Gasteiger partial charge >= 0.3 is 6.09 Å². The second-order valence-electron chi connectivity index (χ2n) is 14.7. The lowest BCUT2D eigenvalue weighted by molar-refractivity contribution is -0.164. The molecule has 2 bridgehead atoms. The van der Waals surface area contributed by atoms with Crippen molar-refractivity contribution in [2.24, 2.45) is 33.5 Å². The fourth-order valence-electron chi connectivity index (χ4n) is 11.1. The van der Waals surface area contributed by atoms with Gasteiger partial charge in [0, 0.05) is 33.9 Å². The SMILES string of the molecule is C[C@]12CC[C@H]3[C@]4(C=C[C@@]5(C=C4C(=O)c4ccccc4)C[C@@H](O)CC[C@]35C)[C@@H]1CC[C@@]21CN(Cc2ccccc2)C(=O)O1. The number of ether oxygens (including phenoxy) is 1. The largest absolute Gasteiger partial charge is 0.440 e. The van der Waals surface area contributed by atoms with Crippen LogP contribution in [0, 0.1) is 33.5 Å². The molecular weight excluding hydrogens is 522 g/mol. The first-order valence-corrected chi connectivity index (χ1v) is 15.9. The molecule has 218 valence electrons. The molecule has 7 aliphatic rings. The smallest absolute Gasteiger partial charge is 0.410 e. The number of nitrogens with zero attached hydrogens (tertiary/aromatic N) is 1. The van der Waals surface area contributed by atoms with Crippen LogP contribution < -0.4 is 0 Å². The fraction of sp³-hybridized carbons (Fsp3) is 0.514. The van der Waals surface area contributed by atoms with Gasteiger partial charge in [-0.05, 0) is 67.8 Å². The van der Waals surface area contributed by atoms with Gasteiger partial charge in [0.05, 0.1) is 12.6 Å². The van der Waals surface area contributed by atoms with Crippen molar-refractivity contribution in [1.82, 2.24) is 4.90 Å². The molecule has 0 unspecified atom stereocenters. The molecule has 1 saturated heterocycles. The second-order valence-corrected chi connectivity index (χ2v) is 14.7. The highest BCUT2D eigenvalue weighted by atomic mass is 16.6. The van der Waals surface area contributed by atoms with Gasteiger partial charge in [0.2, 0.25) is 0 Å². The molecule has 1 aliphatic heterocycles. The summed E-state index contributed by atoms with van der Waals surface area (Å²) >= 11 is 0. The highest BCUT2D eigenvalue weighted by molar-refractivity contribution is 6.10. The molecule has 0 radical (unpaired) electrons. The third-order valence-corrected chi connectivity index (χ3v) is 13.2. The lowest BCUT2D eigenvalue weighted by Crippen LogP contribution is -2.67. The zero-order valence-corrected chi connectivity index (χ0v) is 24.7. The van der Waals surface area contributed by atoms with Crippen molar-refractivity contribution in [3.8, 4) is 0 Å². The van der Waals surface area contributed by atoms with Crippen LogP contribution in [0.15, 0.2) is 84.5 Å². The van der Waals surface area contributed by atoms with Crippen LogP contribution in [0.2, 0.25) is 0 Å². The molecule has 5 heteroatoms. The summed E-state index contributed by atoms with van der Waals surface area (Å²) in [5, 5.41) is 10.9. The van der Waals surface area contributed by atoms with Gasteiger partial charge in [-0.1, -0.05) is 92.7 Å². The summed E-state index contributed by atoms with van der Waals surface area (Å²) in [6.45, 7) is 5.94. The number of aliphatic hydroxyl groups is 1. The van der Waals surface area contributed by atoms with Crippen molar-refractivity contribution in [2.45, 2.75) is 77.0 Å². The topological polar surface area (TPSA) is 66.8 Å². The average Bonchev–Trinajstić information content (AvgIpc) is 3.47. The van der Waals surface area contributed by atoms with Crippen molar-refractivity contribution in [3.05, 3.63) is 95.6 Å². The normalized spacial score (nSPS) is 43.0. The maximum Gasteiger partial charge on any atom is 0.410 e. The quantitative estimate of drug-likeness (QED) is 0.318. The van der Waals surface area contributed by atoms with E-state index in [0.29, 0.717) is 25.4 Å². The average molecular weight is 564 g/mol. The summed E-state index contributed by atoms with van der Waals surface area (Å²) in [6, 6.07) is 19.9. The molecule has 2 aromatic carbocycles. The molecule has 1 amide bonds. The van der Waals surface area contributed by atoms with Crippen LogP contribution in [0.1, 0.15) is 74.7 Å². The van der Waals surface area contributed by atoms with Crippen LogP contribution in [-0.2, 0) is 11.3 Å². The predicted octanol–water partition coefficient (Wildman–Crippen LogP) is 7.12. The van der Waals surface area contributed by atoms with Gasteiger partial charge in [0.1, 0.15) is 5.60 Å². The van der Waals surface area contributed by atoms with Gasteiger partial charge in [-0.3, -0.25) is 9.69 Å². The molecule has 6 aliphatic carbocycles. The van der Waals surface area contributed by atoms with E-state index in [2.05, 4.69) is 44.2 Å². The van der Waals surface area contributed by atoms with E-state index < -0.39 is 11.0 Å². The van der Waals surface area contributed by atoms with Crippen LogP contribution in [0.5, 0.6) is 0 Å². The van der Waals surface area contributed by atoms with Crippen molar-refractivity contribution in [2.75, 3.05) is 6.54 Å². The zero-order chi connectivity index (χ0) is 29.0. The molecule has 1 N–H and O–H groups in total. The molecule has 5 nitrogen and oxygen atoms in total. The maximum atomic E-state index is 14.6. The minimum Gasteiger partial charge on any atom is -0.440 e. The number of ketones is 1. The molecule has 42 heavy (non-hydrogen) atoms. The molecule has 3 saturated carbocycles. The molecule has 3 spiro atoms. The molecular formula is C37H41NO4. The summed E-state index contributed by atoms with van der Waals surface area (Å²) in [5.74, 6) is 0.608. The number of aliphatic hydroxyl groups excluding tert-OH is 1. The third kappa shape index (κ3) is 3.18. The van der Waals surface area contributed by atoms with Crippen molar-refractivity contribution in [3.63, 3.8) is 0 Å². The number of hydrogen-bond donors (Lipinski definition) is 1. The molecule has 9 rings (SSSR count). The first-order chi connectivity index (χ1) is 20.2. The van der Waals surface area contributed by atoms with E-state index in [1.54, 1.807) is 0 Å². The van der Waals surface area contributed by atoms with E-state index in [0.717, 1.165) is 55.2 Å². The first-order valence-electron chi connectivity index (χ1n) is 15.9. The van der Waals surface area contributed by atoms with Crippen molar-refractivity contribution < 1.29 is 19.4 Å². The predicted molar refractivity (Wildman–Crippen MR) is 160 cm³/mol. The van der Waals surface area contributed by atoms with Gasteiger partial charge in [-0.25, -0.2) is 4.79 Å². The fourth-order valence-corrected chi connectivity index (χ4v) is 11.1. The number of carbonyl (C=O) groups excluding carboxylic acids is 2. The summed E-state index contributed by atoms with van der Waals surface area (Å²) < 4.78 is 6.50. The lowest BCUT2D eigenvalue weighted by atomic mass is 9.32. The highest BCUT2D eigenvalue weighted by Crippen LogP contribution is 2.79. The Balaban J connectivity index is 1.23. The summed E-state index contributed by atoms with van der Waals surface area (Å²) in [4.78, 5) is 29.9. The zero-order valence-electron chi connectivity index (χ0n) is 24.7. The van der Waals surface area contributed by atoms with E-state index in [4.69, 9.17) is 4.74 Å². The Bertz CT molecular complexity index is 1520. The number of allylic oxidation sites excluding steroid dienone is 4. The van der Waals surface area contributed by atoms with Crippen LogP contribution in [-0.4, -0.2) is 40.1 Å². The summed E-state index contributed by atoms with van der Waals surface area (Å²) in [6.07, 6.45) is 12.7. The van der Waals surface area contributed by atoms with E-state index >= 15 is 0 Å². The standard InChI is InChI=1S/C37H41NO4/c1-33-16-13-27(39)21-35(33)19-20-37(28(22-35)31(40)26-11-7-4-8-12-26)29(33)14-17-34(2)30(37)15-18-36(34)24-38(32(41)42-36)23-25-9-5-3-6-10-25/h3-12,19-20,22,27,29-30,39H,13-18,21,23-24H2,1-2H3/t27-,29+,30+,33+,34-,35-,36+,37+/m0/s1. The Labute approximate surface area is 248 Å². The number of hydrogen-bond acceptors (Lipinski definition) is 4. The number of fused-ring (bicyclic) bond motifs is 2. The summed E-state index contributed by atoms with van der Waals surface area (Å²) in [5.41, 5.74) is 1.19. The second kappa shape index (κ2) is 8.69. The summed E-state index contributed by atoms with van der Waals surface area (Å²) in [7, 11) is 0. The molecule has 2 aromatic rings. The number of carbonyl (C=O) groups is 2. The number of benzene rings is 2.